The molecule has 2 unspecified atom stereocenters. The Bertz CT molecular complexity index is 247. The lowest BCUT2D eigenvalue weighted by atomic mass is 9.98. The van der Waals surface area contributed by atoms with E-state index >= 15 is 0 Å². The van der Waals surface area contributed by atoms with Gasteiger partial charge in [0.25, 0.3) is 0 Å². The zero-order chi connectivity index (χ0) is 12.3. The number of likely N-dealkylation sites (tertiary alicyclic amines) is 1. The van der Waals surface area contributed by atoms with Crippen LogP contribution in [0.2, 0.25) is 0 Å². The molecule has 1 rings (SSSR count). The molecule has 0 aromatic heterocycles. The Morgan fingerprint density at radius 2 is 2.12 bits per heavy atom. The van der Waals surface area contributed by atoms with Gasteiger partial charge in [0.05, 0.1) is 12.6 Å². The van der Waals surface area contributed by atoms with Crippen LogP contribution in [0.4, 0.5) is 4.79 Å². The molecule has 0 spiro atoms. The maximum atomic E-state index is 11.9. The molecule has 1 amide bonds. The molecule has 1 aliphatic rings. The maximum absolute atomic E-state index is 11.9. The van der Waals surface area contributed by atoms with Gasteiger partial charge in [-0.25, -0.2) is 4.79 Å². The highest BCUT2D eigenvalue weighted by Gasteiger charge is 2.37. The molecule has 0 aromatic rings. The first kappa shape index (κ1) is 13.3. The van der Waals surface area contributed by atoms with E-state index in [-0.39, 0.29) is 18.7 Å². The summed E-state index contributed by atoms with van der Waals surface area (Å²) in [7, 11) is 0. The predicted molar refractivity (Wildman–Crippen MR) is 62.2 cm³/mol. The third-order valence-corrected chi connectivity index (χ3v) is 3.02. The van der Waals surface area contributed by atoms with E-state index in [1.165, 1.54) is 0 Å². The molecule has 1 saturated heterocycles. The van der Waals surface area contributed by atoms with Crippen molar-refractivity contribution < 1.29 is 14.6 Å². The molecule has 1 fully saturated rings. The lowest BCUT2D eigenvalue weighted by molar-refractivity contribution is 0.0145. The van der Waals surface area contributed by atoms with Gasteiger partial charge in [0.1, 0.15) is 5.60 Å². The van der Waals surface area contributed by atoms with Crippen molar-refractivity contribution in [2.24, 2.45) is 5.92 Å². The molecule has 0 saturated carbocycles. The van der Waals surface area contributed by atoms with Crippen molar-refractivity contribution in [2.45, 2.75) is 52.2 Å². The summed E-state index contributed by atoms with van der Waals surface area (Å²) in [5, 5.41) is 9.34. The summed E-state index contributed by atoms with van der Waals surface area (Å²) in [6.45, 7) is 8.37. The molecule has 1 N–H and O–H groups in total. The summed E-state index contributed by atoms with van der Waals surface area (Å²) in [5.41, 5.74) is -0.471. The molecule has 94 valence electrons. The Hall–Kier alpha value is -0.770. The molecule has 0 radical (unpaired) electrons. The van der Waals surface area contributed by atoms with Crippen molar-refractivity contribution >= 4 is 6.09 Å². The number of amides is 1. The Balaban J connectivity index is 2.63. The molecule has 4 heteroatoms. The lowest BCUT2D eigenvalue weighted by Crippen LogP contribution is -2.43. The molecule has 1 aliphatic heterocycles. The van der Waals surface area contributed by atoms with E-state index < -0.39 is 5.60 Å². The molecule has 16 heavy (non-hydrogen) atoms. The van der Waals surface area contributed by atoms with Gasteiger partial charge < -0.3 is 14.7 Å². The van der Waals surface area contributed by atoms with Crippen LogP contribution in [0.15, 0.2) is 0 Å². The summed E-state index contributed by atoms with van der Waals surface area (Å²) in [5.74, 6) is 0.400. The zero-order valence-corrected chi connectivity index (χ0v) is 10.7. The van der Waals surface area contributed by atoms with Gasteiger partial charge in [-0.3, -0.25) is 0 Å². The van der Waals surface area contributed by atoms with Crippen LogP contribution in [-0.4, -0.2) is 40.9 Å². The molecule has 2 atom stereocenters. The Labute approximate surface area is 97.6 Å². The number of aliphatic hydroxyl groups excluding tert-OH is 1. The highest BCUT2D eigenvalue weighted by atomic mass is 16.6. The number of ether oxygens (including phenoxy) is 1. The summed E-state index contributed by atoms with van der Waals surface area (Å²) in [6.07, 6.45) is 1.65. The smallest absolute Gasteiger partial charge is 0.410 e. The molecule has 1 heterocycles. The fourth-order valence-electron chi connectivity index (χ4n) is 2.19. The highest BCUT2D eigenvalue weighted by Crippen LogP contribution is 2.28. The SMILES string of the molecule is CCC1CCN(C(=O)OC(C)(C)C)C1CO. The van der Waals surface area contributed by atoms with Crippen LogP contribution < -0.4 is 0 Å². The highest BCUT2D eigenvalue weighted by molar-refractivity contribution is 5.69. The van der Waals surface area contributed by atoms with Gasteiger partial charge in [-0.15, -0.1) is 0 Å². The number of nitrogens with zero attached hydrogens (tertiary/aromatic N) is 1. The summed E-state index contributed by atoms with van der Waals surface area (Å²) < 4.78 is 5.32. The normalized spacial score (nSPS) is 25.9. The Kier molecular flexibility index (Phi) is 4.19. The molecule has 0 aromatic carbocycles. The minimum Gasteiger partial charge on any atom is -0.444 e. The van der Waals surface area contributed by atoms with E-state index in [4.69, 9.17) is 4.74 Å². The van der Waals surface area contributed by atoms with Crippen molar-refractivity contribution in [1.29, 1.82) is 0 Å². The Morgan fingerprint density at radius 3 is 2.56 bits per heavy atom. The van der Waals surface area contributed by atoms with Crippen LogP contribution in [0.25, 0.3) is 0 Å². The van der Waals surface area contributed by atoms with Crippen LogP contribution in [0.3, 0.4) is 0 Å². The fraction of sp³-hybridized carbons (Fsp3) is 0.917. The number of hydrogen-bond donors (Lipinski definition) is 1. The molecule has 4 nitrogen and oxygen atoms in total. The van der Waals surface area contributed by atoms with Crippen LogP contribution >= 0.6 is 0 Å². The maximum Gasteiger partial charge on any atom is 0.410 e. The second kappa shape index (κ2) is 5.04. The average molecular weight is 229 g/mol. The first-order chi connectivity index (χ1) is 7.39. The van der Waals surface area contributed by atoms with E-state index in [9.17, 15) is 9.90 Å². The minimum atomic E-state index is -0.471. The van der Waals surface area contributed by atoms with Crippen molar-refractivity contribution in [3.63, 3.8) is 0 Å². The van der Waals surface area contributed by atoms with E-state index in [1.54, 1.807) is 4.90 Å². The second-order valence-electron chi connectivity index (χ2n) is 5.38. The van der Waals surface area contributed by atoms with E-state index in [1.807, 2.05) is 20.8 Å². The number of aliphatic hydroxyl groups is 1. The Morgan fingerprint density at radius 1 is 1.50 bits per heavy atom. The average Bonchev–Trinajstić information content (AvgIpc) is 2.57. The van der Waals surface area contributed by atoms with Crippen molar-refractivity contribution in [3.8, 4) is 0 Å². The summed E-state index contributed by atoms with van der Waals surface area (Å²) in [6, 6.07) is -0.0696. The summed E-state index contributed by atoms with van der Waals surface area (Å²) >= 11 is 0. The lowest BCUT2D eigenvalue weighted by Gasteiger charge is -2.29. The van der Waals surface area contributed by atoms with E-state index in [2.05, 4.69) is 6.92 Å². The standard InChI is InChI=1S/C12H23NO3/c1-5-9-6-7-13(10(9)8-14)11(15)16-12(2,3)4/h9-10,14H,5-8H2,1-4H3. The van der Waals surface area contributed by atoms with Crippen molar-refractivity contribution in [3.05, 3.63) is 0 Å². The number of rotatable bonds is 2. The predicted octanol–water partition coefficient (Wildman–Crippen LogP) is 2.01. The number of hydrogen-bond acceptors (Lipinski definition) is 3. The molecule has 0 aliphatic carbocycles. The zero-order valence-electron chi connectivity index (χ0n) is 10.7. The van der Waals surface area contributed by atoms with Crippen molar-refractivity contribution in [2.75, 3.05) is 13.2 Å². The topological polar surface area (TPSA) is 49.8 Å². The van der Waals surface area contributed by atoms with Crippen LogP contribution in [-0.2, 0) is 4.74 Å². The van der Waals surface area contributed by atoms with Gasteiger partial charge in [0.15, 0.2) is 0 Å². The van der Waals surface area contributed by atoms with Gasteiger partial charge >= 0.3 is 6.09 Å². The van der Waals surface area contributed by atoms with Gasteiger partial charge in [0.2, 0.25) is 0 Å². The van der Waals surface area contributed by atoms with Gasteiger partial charge in [0, 0.05) is 6.54 Å². The van der Waals surface area contributed by atoms with Crippen LogP contribution in [0.5, 0.6) is 0 Å². The monoisotopic (exact) mass is 229 g/mol. The molecule has 0 bridgehead atoms. The van der Waals surface area contributed by atoms with Crippen LogP contribution in [0, 0.1) is 5.92 Å². The van der Waals surface area contributed by atoms with E-state index in [0.29, 0.717) is 12.5 Å². The van der Waals surface area contributed by atoms with Gasteiger partial charge in [-0.05, 0) is 33.1 Å². The molecular formula is C12H23NO3. The summed E-state index contributed by atoms with van der Waals surface area (Å²) in [4.78, 5) is 13.6. The third-order valence-electron chi connectivity index (χ3n) is 3.02. The number of carbonyl (C=O) groups is 1. The number of carbonyl (C=O) groups excluding carboxylic acids is 1. The largest absolute Gasteiger partial charge is 0.444 e. The van der Waals surface area contributed by atoms with Gasteiger partial charge in [-0.1, -0.05) is 13.3 Å². The van der Waals surface area contributed by atoms with Crippen molar-refractivity contribution in [1.82, 2.24) is 4.90 Å². The second-order valence-corrected chi connectivity index (χ2v) is 5.38. The third kappa shape index (κ3) is 3.11. The van der Waals surface area contributed by atoms with E-state index in [0.717, 1.165) is 12.8 Å². The quantitative estimate of drug-likeness (QED) is 0.788. The first-order valence-electron chi connectivity index (χ1n) is 5.99. The first-order valence-corrected chi connectivity index (χ1v) is 5.99. The van der Waals surface area contributed by atoms with Gasteiger partial charge in [-0.2, -0.15) is 0 Å². The fourth-order valence-corrected chi connectivity index (χ4v) is 2.19. The minimum absolute atomic E-state index is 0.0255. The van der Waals surface area contributed by atoms with Crippen LogP contribution in [0.1, 0.15) is 40.5 Å². The molecular weight excluding hydrogens is 206 g/mol.